The molecule has 3 aromatic carbocycles. The summed E-state index contributed by atoms with van der Waals surface area (Å²) < 4.78 is 39.7. The van der Waals surface area contributed by atoms with Crippen LogP contribution in [0.1, 0.15) is 49.1 Å². The number of aromatic nitrogens is 1. The lowest BCUT2D eigenvalue weighted by atomic mass is 10.0. The van der Waals surface area contributed by atoms with Crippen molar-refractivity contribution in [1.82, 2.24) is 30.3 Å². The average molecular weight is 771 g/mol. The van der Waals surface area contributed by atoms with Gasteiger partial charge < -0.3 is 30.7 Å². The van der Waals surface area contributed by atoms with E-state index < -0.39 is 23.6 Å². The lowest BCUT2D eigenvalue weighted by Gasteiger charge is -2.34. The number of alkyl halides is 3. The van der Waals surface area contributed by atoms with Gasteiger partial charge in [-0.25, -0.2) is 0 Å². The highest BCUT2D eigenvalue weighted by Crippen LogP contribution is 2.33. The molecular weight excluding hydrogens is 725 g/mol. The fraction of sp³-hybridized carbons (Fsp3) is 0.341. The monoisotopic (exact) mass is 770 g/mol. The van der Waals surface area contributed by atoms with Crippen molar-refractivity contribution in [3.63, 3.8) is 0 Å². The van der Waals surface area contributed by atoms with Gasteiger partial charge in [-0.1, -0.05) is 18.2 Å². The molecule has 4 amide bonds. The average Bonchev–Trinajstić information content (AvgIpc) is 3.22. The second-order valence-corrected chi connectivity index (χ2v) is 13.9. The van der Waals surface area contributed by atoms with Crippen LogP contribution in [0.2, 0.25) is 0 Å². The predicted molar refractivity (Wildman–Crippen MR) is 207 cm³/mol. The van der Waals surface area contributed by atoms with E-state index in [1.807, 2.05) is 17.0 Å². The van der Waals surface area contributed by atoms with Gasteiger partial charge in [-0.15, -0.1) is 0 Å². The van der Waals surface area contributed by atoms with Crippen LogP contribution in [-0.4, -0.2) is 116 Å². The molecule has 0 bridgehead atoms. The number of pyridine rings is 1. The fourth-order valence-corrected chi connectivity index (χ4v) is 6.72. The Morgan fingerprint density at radius 3 is 2.27 bits per heavy atom. The lowest BCUT2D eigenvalue weighted by Crippen LogP contribution is -2.49. The van der Waals surface area contributed by atoms with Crippen LogP contribution >= 0.6 is 0 Å². The van der Waals surface area contributed by atoms with Crippen LogP contribution in [0.3, 0.4) is 0 Å². The molecule has 0 atom stereocenters. The first-order valence-corrected chi connectivity index (χ1v) is 18.5. The van der Waals surface area contributed by atoms with E-state index in [9.17, 15) is 32.3 Å². The first kappa shape index (κ1) is 39.9. The van der Waals surface area contributed by atoms with Crippen LogP contribution in [0.15, 0.2) is 85.1 Å². The summed E-state index contributed by atoms with van der Waals surface area (Å²) in [5.74, 6) is -1.11. The number of nitrogens with zero attached hydrogens (tertiary/aromatic N) is 5. The molecule has 6 rings (SSSR count). The SMILES string of the molecule is CC(=O)N1CCN(CCN(C)C(=O)c2cccc(C(=O)Nc3ccc(N4CCNCC4)cc3-c3cc(C(=O)NCc4cccc(C(F)(F)F)c4)ccn3)c2)CC1. The summed E-state index contributed by atoms with van der Waals surface area (Å²) >= 11 is 0. The van der Waals surface area contributed by atoms with Crippen molar-refractivity contribution in [2.75, 3.05) is 82.7 Å². The maximum Gasteiger partial charge on any atom is 0.416 e. The first-order chi connectivity index (χ1) is 26.9. The molecule has 0 aliphatic carbocycles. The molecule has 2 saturated heterocycles. The van der Waals surface area contributed by atoms with Gasteiger partial charge in [0.2, 0.25) is 5.91 Å². The molecule has 4 aromatic rings. The Bertz CT molecular complexity index is 2060. The number of hydrogen-bond donors (Lipinski definition) is 3. The van der Waals surface area contributed by atoms with Crippen LogP contribution in [0.4, 0.5) is 24.5 Å². The van der Waals surface area contributed by atoms with E-state index in [4.69, 9.17) is 0 Å². The normalized spacial score (nSPS) is 14.9. The van der Waals surface area contributed by atoms with Crippen LogP contribution < -0.4 is 20.9 Å². The van der Waals surface area contributed by atoms with Crippen LogP contribution in [0, 0.1) is 0 Å². The standard InChI is InChI=1S/C41H45F3N8O4/c1-28(53)51-21-19-50(20-22-51)18-17-49(2)40(56)32-7-4-6-30(24-32)39(55)48-36-10-9-34(52-15-13-45-14-16-52)26-35(36)37-25-31(11-12-46-37)38(54)47-27-29-5-3-8-33(23-29)41(42,43)44/h3-12,23-26,45H,13-22,27H2,1-2H3,(H,47,54)(H,48,55). The van der Waals surface area contributed by atoms with Crippen molar-refractivity contribution >= 4 is 35.0 Å². The Hall–Kier alpha value is -5.80. The molecule has 12 nitrogen and oxygen atoms in total. The van der Waals surface area contributed by atoms with Crippen LogP contribution in [0.5, 0.6) is 0 Å². The van der Waals surface area contributed by atoms with E-state index in [2.05, 4.69) is 30.7 Å². The summed E-state index contributed by atoms with van der Waals surface area (Å²) in [6, 6.07) is 20.0. The van der Waals surface area contributed by atoms with E-state index in [-0.39, 0.29) is 29.5 Å². The molecule has 2 aliphatic rings. The molecular formula is C41H45F3N8O4. The smallest absolute Gasteiger partial charge is 0.369 e. The van der Waals surface area contributed by atoms with Crippen molar-refractivity contribution in [3.8, 4) is 11.3 Å². The third kappa shape index (κ3) is 10.1. The number of likely N-dealkylation sites (N-methyl/N-ethyl adjacent to an activating group) is 1. The molecule has 1 aromatic heterocycles. The molecule has 0 radical (unpaired) electrons. The maximum atomic E-state index is 13.8. The summed E-state index contributed by atoms with van der Waals surface area (Å²) in [7, 11) is 1.72. The van der Waals surface area contributed by atoms with E-state index in [1.165, 1.54) is 24.4 Å². The fourth-order valence-electron chi connectivity index (χ4n) is 6.72. The number of carbonyl (C=O) groups is 4. The van der Waals surface area contributed by atoms with Crippen molar-refractivity contribution in [3.05, 3.63) is 113 Å². The molecule has 3 heterocycles. The molecule has 0 unspecified atom stereocenters. The second kappa shape index (κ2) is 17.8. The highest BCUT2D eigenvalue weighted by Gasteiger charge is 2.30. The highest BCUT2D eigenvalue weighted by molar-refractivity contribution is 6.08. The largest absolute Gasteiger partial charge is 0.416 e. The number of halogens is 3. The number of piperazine rings is 2. The minimum absolute atomic E-state index is 0.0625. The molecule has 15 heteroatoms. The zero-order valence-electron chi connectivity index (χ0n) is 31.4. The van der Waals surface area contributed by atoms with Gasteiger partial charge in [-0.3, -0.25) is 29.1 Å². The van der Waals surface area contributed by atoms with Gasteiger partial charge in [0.1, 0.15) is 0 Å². The first-order valence-electron chi connectivity index (χ1n) is 18.5. The van der Waals surface area contributed by atoms with Crippen molar-refractivity contribution in [2.24, 2.45) is 0 Å². The Labute approximate surface area is 323 Å². The van der Waals surface area contributed by atoms with E-state index in [1.54, 1.807) is 55.3 Å². The minimum atomic E-state index is -4.50. The van der Waals surface area contributed by atoms with Gasteiger partial charge in [0.25, 0.3) is 17.7 Å². The summed E-state index contributed by atoms with van der Waals surface area (Å²) in [6.07, 6.45) is -3.03. The van der Waals surface area contributed by atoms with Gasteiger partial charge in [-0.05, 0) is 66.2 Å². The van der Waals surface area contributed by atoms with Crippen molar-refractivity contribution in [1.29, 1.82) is 0 Å². The van der Waals surface area contributed by atoms with Gasteiger partial charge in [0, 0.05) is 120 Å². The number of rotatable bonds is 11. The van der Waals surface area contributed by atoms with Crippen molar-refractivity contribution < 1.29 is 32.3 Å². The van der Waals surface area contributed by atoms with Crippen LogP contribution in [0.25, 0.3) is 11.3 Å². The molecule has 2 fully saturated rings. The summed E-state index contributed by atoms with van der Waals surface area (Å²) in [6.45, 7) is 8.53. The zero-order valence-corrected chi connectivity index (χ0v) is 31.4. The Balaban J connectivity index is 1.17. The highest BCUT2D eigenvalue weighted by atomic mass is 19.4. The van der Waals surface area contributed by atoms with Crippen molar-refractivity contribution in [2.45, 2.75) is 19.6 Å². The number of carbonyl (C=O) groups excluding carboxylic acids is 4. The molecule has 3 N–H and O–H groups in total. The summed E-state index contributed by atoms with van der Waals surface area (Å²) in [4.78, 5) is 64.5. The molecule has 2 aliphatic heterocycles. The number of nitrogens with one attached hydrogen (secondary N) is 3. The topological polar surface area (TPSA) is 130 Å². The minimum Gasteiger partial charge on any atom is -0.369 e. The summed E-state index contributed by atoms with van der Waals surface area (Å²) in [5.41, 5.74) is 2.66. The lowest BCUT2D eigenvalue weighted by molar-refractivity contribution is -0.137. The van der Waals surface area contributed by atoms with Gasteiger partial charge in [0.05, 0.1) is 16.9 Å². The Morgan fingerprint density at radius 2 is 1.54 bits per heavy atom. The van der Waals surface area contributed by atoms with Gasteiger partial charge in [-0.2, -0.15) is 13.2 Å². The number of benzene rings is 3. The van der Waals surface area contributed by atoms with Gasteiger partial charge in [0.15, 0.2) is 0 Å². The quantitative estimate of drug-likeness (QED) is 0.202. The predicted octanol–water partition coefficient (Wildman–Crippen LogP) is 4.60. The molecule has 0 spiro atoms. The number of hydrogen-bond acceptors (Lipinski definition) is 8. The summed E-state index contributed by atoms with van der Waals surface area (Å²) in [5, 5.41) is 9.01. The molecule has 0 saturated carbocycles. The molecule has 56 heavy (non-hydrogen) atoms. The van der Waals surface area contributed by atoms with Crippen LogP contribution in [-0.2, 0) is 17.5 Å². The third-order valence-corrected chi connectivity index (χ3v) is 10.0. The third-order valence-electron chi connectivity index (χ3n) is 10.0. The zero-order chi connectivity index (χ0) is 39.8. The van der Waals surface area contributed by atoms with E-state index >= 15 is 0 Å². The maximum absolute atomic E-state index is 13.8. The molecule has 294 valence electrons. The Kier molecular flexibility index (Phi) is 12.7. The number of anilines is 2. The van der Waals surface area contributed by atoms with Gasteiger partial charge >= 0.3 is 6.18 Å². The number of amides is 4. The van der Waals surface area contributed by atoms with E-state index in [0.29, 0.717) is 54.3 Å². The Morgan fingerprint density at radius 1 is 0.821 bits per heavy atom. The second-order valence-electron chi connectivity index (χ2n) is 13.9. The van der Waals surface area contributed by atoms with E-state index in [0.717, 1.165) is 57.1 Å².